The number of methoxy groups -OCH3 is 1. The van der Waals surface area contributed by atoms with E-state index in [1.54, 1.807) is 7.11 Å². The Morgan fingerprint density at radius 3 is 2.25 bits per heavy atom. The third-order valence-corrected chi connectivity index (χ3v) is 7.68. The van der Waals surface area contributed by atoms with Crippen molar-refractivity contribution >= 4 is 21.8 Å². The van der Waals surface area contributed by atoms with Crippen LogP contribution in [-0.2, 0) is 5.33 Å². The maximum Gasteiger partial charge on any atom is 0.258 e. The second-order valence-corrected chi connectivity index (χ2v) is 9.29. The lowest BCUT2D eigenvalue weighted by Crippen LogP contribution is -2.49. The predicted octanol–water partition coefficient (Wildman–Crippen LogP) is 6.58. The zero-order chi connectivity index (χ0) is 20.1. The molecular formula is C24H36BrNO2. The van der Waals surface area contributed by atoms with Crippen LogP contribution in [0.2, 0.25) is 0 Å². The molecule has 2 aliphatic carbocycles. The van der Waals surface area contributed by atoms with Gasteiger partial charge in [-0.25, -0.2) is 0 Å². The Hall–Kier alpha value is -1.03. The molecular weight excluding hydrogens is 414 g/mol. The molecule has 2 saturated carbocycles. The first-order valence-corrected chi connectivity index (χ1v) is 12.3. The zero-order valence-electron chi connectivity index (χ0n) is 17.8. The van der Waals surface area contributed by atoms with Crippen LogP contribution in [0.3, 0.4) is 0 Å². The van der Waals surface area contributed by atoms with Crippen molar-refractivity contribution < 1.29 is 9.53 Å². The smallest absolute Gasteiger partial charge is 0.258 e. The Labute approximate surface area is 179 Å². The van der Waals surface area contributed by atoms with Crippen LogP contribution < -0.4 is 4.74 Å². The highest BCUT2D eigenvalue weighted by atomic mass is 79.9. The fourth-order valence-corrected chi connectivity index (χ4v) is 5.72. The molecule has 3 nitrogen and oxygen atoms in total. The van der Waals surface area contributed by atoms with E-state index in [1.807, 2.05) is 18.2 Å². The van der Waals surface area contributed by atoms with Gasteiger partial charge in [0.2, 0.25) is 0 Å². The molecule has 2 atom stereocenters. The molecule has 3 rings (SSSR count). The number of halogens is 1. The Morgan fingerprint density at radius 1 is 1.07 bits per heavy atom. The maximum atomic E-state index is 13.8. The largest absolute Gasteiger partial charge is 0.496 e. The number of alkyl halides is 1. The first-order valence-electron chi connectivity index (χ1n) is 11.2. The lowest BCUT2D eigenvalue weighted by atomic mass is 9.75. The van der Waals surface area contributed by atoms with Crippen molar-refractivity contribution in [1.29, 1.82) is 0 Å². The molecule has 0 N–H and O–H groups in total. The van der Waals surface area contributed by atoms with E-state index in [9.17, 15) is 4.79 Å². The first kappa shape index (κ1) is 21.7. The molecule has 2 fully saturated rings. The summed E-state index contributed by atoms with van der Waals surface area (Å²) in [6, 6.07) is 6.78. The van der Waals surface area contributed by atoms with Gasteiger partial charge in [-0.3, -0.25) is 4.79 Å². The van der Waals surface area contributed by atoms with Crippen LogP contribution in [0, 0.1) is 11.8 Å². The molecule has 1 aromatic carbocycles. The van der Waals surface area contributed by atoms with Crippen LogP contribution in [-0.4, -0.2) is 30.0 Å². The van der Waals surface area contributed by atoms with Gasteiger partial charge < -0.3 is 9.64 Å². The Bertz CT molecular complexity index is 644. The first-order chi connectivity index (χ1) is 13.6. The van der Waals surface area contributed by atoms with E-state index in [-0.39, 0.29) is 5.91 Å². The summed E-state index contributed by atoms with van der Waals surface area (Å²) < 4.78 is 5.63. The number of carbonyl (C=O) groups excluding carboxylic acids is 1. The number of benzene rings is 1. The second kappa shape index (κ2) is 10.1. The molecule has 0 aromatic heterocycles. The third-order valence-electron chi connectivity index (χ3n) is 7.03. The fraction of sp³-hybridized carbons (Fsp3) is 0.708. The summed E-state index contributed by atoms with van der Waals surface area (Å²) in [4.78, 5) is 16.1. The molecule has 4 heteroatoms. The van der Waals surface area contributed by atoms with Crippen LogP contribution in [0.25, 0.3) is 0 Å². The van der Waals surface area contributed by atoms with Gasteiger partial charge in [-0.15, -0.1) is 0 Å². The van der Waals surface area contributed by atoms with Crippen LogP contribution >= 0.6 is 15.9 Å². The number of ether oxygens (including phenoxy) is 1. The lowest BCUT2D eigenvalue weighted by Gasteiger charge is -2.43. The molecule has 2 unspecified atom stereocenters. The van der Waals surface area contributed by atoms with Gasteiger partial charge in [-0.2, -0.15) is 0 Å². The minimum atomic E-state index is 0.182. The highest BCUT2D eigenvalue weighted by molar-refractivity contribution is 9.08. The minimum absolute atomic E-state index is 0.182. The summed E-state index contributed by atoms with van der Waals surface area (Å²) in [6.45, 7) is 4.62. The van der Waals surface area contributed by atoms with Crippen molar-refractivity contribution in [3.63, 3.8) is 0 Å². The third kappa shape index (κ3) is 4.75. The molecule has 0 spiro atoms. The van der Waals surface area contributed by atoms with E-state index in [2.05, 4.69) is 34.7 Å². The van der Waals surface area contributed by atoms with E-state index in [4.69, 9.17) is 4.74 Å². The predicted molar refractivity (Wildman–Crippen MR) is 119 cm³/mol. The maximum absolute atomic E-state index is 13.8. The van der Waals surface area contributed by atoms with E-state index >= 15 is 0 Å². The zero-order valence-corrected chi connectivity index (χ0v) is 19.3. The van der Waals surface area contributed by atoms with Crippen molar-refractivity contribution in [1.82, 2.24) is 4.90 Å². The molecule has 0 aliphatic heterocycles. The summed E-state index contributed by atoms with van der Waals surface area (Å²) >= 11 is 3.51. The quantitative estimate of drug-likeness (QED) is 0.439. The summed E-state index contributed by atoms with van der Waals surface area (Å²) in [5, 5.41) is 0.767. The van der Waals surface area contributed by atoms with Crippen molar-refractivity contribution in [3.8, 4) is 5.75 Å². The number of hydrogen-bond donors (Lipinski definition) is 0. The van der Waals surface area contributed by atoms with Gasteiger partial charge in [0, 0.05) is 17.4 Å². The molecule has 2 aliphatic rings. The Morgan fingerprint density at radius 2 is 1.71 bits per heavy atom. The summed E-state index contributed by atoms with van der Waals surface area (Å²) in [5.74, 6) is 2.39. The van der Waals surface area contributed by atoms with E-state index in [0.29, 0.717) is 17.8 Å². The molecule has 28 heavy (non-hydrogen) atoms. The fourth-order valence-electron chi connectivity index (χ4n) is 5.37. The summed E-state index contributed by atoms with van der Waals surface area (Å²) in [6.07, 6.45) is 10.9. The summed E-state index contributed by atoms with van der Waals surface area (Å²) in [7, 11) is 1.67. The SMILES string of the molecule is CCC1CC(CC)CC(N(C(=O)c2ccc(CBr)cc2OC)C2CCCC2)C1. The van der Waals surface area contributed by atoms with E-state index in [0.717, 1.165) is 54.0 Å². The highest BCUT2D eigenvalue weighted by Gasteiger charge is 2.38. The second-order valence-electron chi connectivity index (χ2n) is 8.73. The van der Waals surface area contributed by atoms with Crippen molar-refractivity contribution in [2.24, 2.45) is 11.8 Å². The van der Waals surface area contributed by atoms with Crippen LogP contribution in [0.1, 0.15) is 87.6 Å². The molecule has 0 radical (unpaired) electrons. The molecule has 156 valence electrons. The average Bonchev–Trinajstić information content (AvgIpc) is 3.27. The van der Waals surface area contributed by atoms with Crippen molar-refractivity contribution in [2.75, 3.05) is 7.11 Å². The monoisotopic (exact) mass is 449 g/mol. The van der Waals surface area contributed by atoms with Crippen LogP contribution in [0.15, 0.2) is 18.2 Å². The van der Waals surface area contributed by atoms with Gasteiger partial charge >= 0.3 is 0 Å². The number of nitrogens with zero attached hydrogens (tertiary/aromatic N) is 1. The minimum Gasteiger partial charge on any atom is -0.496 e. The van der Waals surface area contributed by atoms with Crippen LogP contribution in [0.5, 0.6) is 5.75 Å². The number of carbonyl (C=O) groups is 1. The van der Waals surface area contributed by atoms with Crippen LogP contribution in [0.4, 0.5) is 0 Å². The Balaban J connectivity index is 1.92. The Kier molecular flexibility index (Phi) is 7.85. The topological polar surface area (TPSA) is 29.5 Å². The van der Waals surface area contributed by atoms with Crippen molar-refractivity contribution in [2.45, 2.75) is 89.0 Å². The van der Waals surface area contributed by atoms with Gasteiger partial charge in [-0.05, 0) is 61.6 Å². The van der Waals surface area contributed by atoms with Gasteiger partial charge in [0.15, 0.2) is 0 Å². The van der Waals surface area contributed by atoms with E-state index < -0.39 is 0 Å². The van der Waals surface area contributed by atoms with Crippen molar-refractivity contribution in [3.05, 3.63) is 29.3 Å². The van der Waals surface area contributed by atoms with E-state index in [1.165, 1.54) is 32.1 Å². The standard InChI is InChI=1S/C24H36BrNO2/c1-4-17-12-18(5-2)14-21(13-17)26(20-8-6-7-9-20)24(27)22-11-10-19(16-25)15-23(22)28-3/h10-11,15,17-18,20-21H,4-9,12-14,16H2,1-3H3. The number of rotatable bonds is 7. The number of amides is 1. The molecule has 0 heterocycles. The molecule has 1 amide bonds. The summed E-state index contributed by atoms with van der Waals surface area (Å²) in [5.41, 5.74) is 1.86. The van der Waals surface area contributed by atoms with Gasteiger partial charge in [0.1, 0.15) is 5.75 Å². The number of hydrogen-bond acceptors (Lipinski definition) is 2. The van der Waals surface area contributed by atoms with Gasteiger partial charge in [0.05, 0.1) is 12.7 Å². The molecule has 0 bridgehead atoms. The average molecular weight is 450 g/mol. The highest BCUT2D eigenvalue weighted by Crippen LogP contribution is 2.39. The van der Waals surface area contributed by atoms with Gasteiger partial charge in [0.25, 0.3) is 5.91 Å². The molecule has 0 saturated heterocycles. The lowest BCUT2D eigenvalue weighted by molar-refractivity contribution is 0.0393. The molecule has 1 aromatic rings. The normalized spacial score (nSPS) is 25.6. The van der Waals surface area contributed by atoms with Gasteiger partial charge in [-0.1, -0.05) is 61.5 Å².